The van der Waals surface area contributed by atoms with Gasteiger partial charge in [0.25, 0.3) is 0 Å². The molecule has 1 aromatic carbocycles. The summed E-state index contributed by atoms with van der Waals surface area (Å²) in [5.41, 5.74) is 3.43. The van der Waals surface area contributed by atoms with Gasteiger partial charge >= 0.3 is 0 Å². The van der Waals surface area contributed by atoms with Crippen molar-refractivity contribution < 1.29 is 0 Å². The van der Waals surface area contributed by atoms with Gasteiger partial charge in [-0.05, 0) is 54.7 Å². The van der Waals surface area contributed by atoms with Crippen LogP contribution >= 0.6 is 0 Å². The zero-order valence-corrected chi connectivity index (χ0v) is 14.4. The molecule has 1 heteroatoms. The molecule has 1 aliphatic carbocycles. The highest BCUT2D eigenvalue weighted by molar-refractivity contribution is 5.28. The van der Waals surface area contributed by atoms with E-state index in [0.29, 0.717) is 11.5 Å². The highest BCUT2D eigenvalue weighted by Gasteiger charge is 2.37. The Balaban J connectivity index is 2.23. The molecule has 1 N–H and O–H groups in total. The summed E-state index contributed by atoms with van der Waals surface area (Å²) in [6.45, 7) is 10.5. The lowest BCUT2D eigenvalue weighted by molar-refractivity contribution is 0.223. The first kappa shape index (κ1) is 16.5. The molecule has 0 bridgehead atoms. The van der Waals surface area contributed by atoms with Gasteiger partial charge in [0.2, 0.25) is 0 Å². The Morgan fingerprint density at radius 3 is 2.52 bits per heavy atom. The van der Waals surface area contributed by atoms with Crippen molar-refractivity contribution in [3.05, 3.63) is 35.4 Å². The molecule has 1 nitrogen and oxygen atoms in total. The highest BCUT2D eigenvalue weighted by atomic mass is 14.9. The van der Waals surface area contributed by atoms with Gasteiger partial charge in [-0.15, -0.1) is 0 Å². The van der Waals surface area contributed by atoms with Crippen molar-refractivity contribution >= 4 is 0 Å². The van der Waals surface area contributed by atoms with Crippen molar-refractivity contribution in [2.45, 2.75) is 72.3 Å². The van der Waals surface area contributed by atoms with Gasteiger partial charge in [0, 0.05) is 6.04 Å². The van der Waals surface area contributed by atoms with Crippen LogP contribution in [0.2, 0.25) is 0 Å². The fourth-order valence-electron chi connectivity index (χ4n) is 3.90. The third-order valence-electron chi connectivity index (χ3n) is 4.97. The summed E-state index contributed by atoms with van der Waals surface area (Å²) in [7, 11) is 0. The Bertz CT molecular complexity index is 429. The summed E-state index contributed by atoms with van der Waals surface area (Å²) >= 11 is 0. The molecule has 0 spiro atoms. The molecule has 0 heterocycles. The van der Waals surface area contributed by atoms with Crippen LogP contribution in [0.25, 0.3) is 0 Å². The minimum Gasteiger partial charge on any atom is -0.309 e. The molecule has 1 aliphatic rings. The summed E-state index contributed by atoms with van der Waals surface area (Å²) in [4.78, 5) is 0. The molecule has 2 rings (SSSR count). The van der Waals surface area contributed by atoms with E-state index in [4.69, 9.17) is 0 Å². The van der Waals surface area contributed by atoms with Gasteiger partial charge in [0.15, 0.2) is 0 Å². The second-order valence-electron chi connectivity index (χ2n) is 7.59. The number of nitrogens with one attached hydrogen (secondary N) is 1. The predicted octanol–water partition coefficient (Wildman–Crippen LogP) is 5.51. The molecule has 1 atom stereocenters. The standard InChI is InChI=1S/C20H33N/c1-5-13-21-19(20(4)11-6-7-12-20)18-10-8-9-17(15-18)14-16(2)3/h8-10,15-16,19,21H,5-7,11-14H2,1-4H3. The second kappa shape index (κ2) is 7.45. The Morgan fingerprint density at radius 2 is 1.90 bits per heavy atom. The smallest absolute Gasteiger partial charge is 0.0374 e. The normalized spacial score (nSPS) is 19.1. The summed E-state index contributed by atoms with van der Waals surface area (Å²) < 4.78 is 0. The largest absolute Gasteiger partial charge is 0.309 e. The molecule has 0 saturated heterocycles. The van der Waals surface area contributed by atoms with E-state index < -0.39 is 0 Å². The minimum atomic E-state index is 0.436. The van der Waals surface area contributed by atoms with Crippen molar-refractivity contribution in [2.75, 3.05) is 6.54 Å². The van der Waals surface area contributed by atoms with Crippen molar-refractivity contribution in [2.24, 2.45) is 11.3 Å². The monoisotopic (exact) mass is 287 g/mol. The van der Waals surface area contributed by atoms with Crippen LogP contribution in [0, 0.1) is 11.3 Å². The van der Waals surface area contributed by atoms with Gasteiger partial charge < -0.3 is 5.32 Å². The predicted molar refractivity (Wildman–Crippen MR) is 92.6 cm³/mol. The highest BCUT2D eigenvalue weighted by Crippen LogP contribution is 2.47. The molecule has 21 heavy (non-hydrogen) atoms. The van der Waals surface area contributed by atoms with E-state index in [1.54, 1.807) is 0 Å². The van der Waals surface area contributed by atoms with E-state index in [2.05, 4.69) is 57.3 Å². The fraction of sp³-hybridized carbons (Fsp3) is 0.700. The van der Waals surface area contributed by atoms with E-state index in [1.165, 1.54) is 49.7 Å². The lowest BCUT2D eigenvalue weighted by atomic mass is 9.76. The van der Waals surface area contributed by atoms with Gasteiger partial charge in [-0.2, -0.15) is 0 Å². The molecule has 118 valence electrons. The van der Waals surface area contributed by atoms with Gasteiger partial charge in [0.1, 0.15) is 0 Å². The second-order valence-corrected chi connectivity index (χ2v) is 7.59. The van der Waals surface area contributed by atoms with Gasteiger partial charge in [-0.25, -0.2) is 0 Å². The van der Waals surface area contributed by atoms with Crippen LogP contribution < -0.4 is 5.32 Å². The maximum atomic E-state index is 3.85. The average molecular weight is 287 g/mol. The topological polar surface area (TPSA) is 12.0 Å². The van der Waals surface area contributed by atoms with Gasteiger partial charge in [-0.1, -0.05) is 64.8 Å². The minimum absolute atomic E-state index is 0.436. The van der Waals surface area contributed by atoms with Gasteiger partial charge in [-0.3, -0.25) is 0 Å². The van der Waals surface area contributed by atoms with Crippen LogP contribution in [0.5, 0.6) is 0 Å². The first-order valence-electron chi connectivity index (χ1n) is 8.87. The molecule has 0 aromatic heterocycles. The molecule has 0 radical (unpaired) electrons. The molecule has 1 saturated carbocycles. The maximum absolute atomic E-state index is 3.85. The summed E-state index contributed by atoms with van der Waals surface area (Å²) in [6.07, 6.45) is 7.91. The van der Waals surface area contributed by atoms with E-state index in [1.807, 2.05) is 0 Å². The Labute approximate surface area is 131 Å². The molecule has 1 unspecified atom stereocenters. The van der Waals surface area contributed by atoms with Crippen LogP contribution in [0.15, 0.2) is 24.3 Å². The fourth-order valence-corrected chi connectivity index (χ4v) is 3.90. The molecular weight excluding hydrogens is 254 g/mol. The quantitative estimate of drug-likeness (QED) is 0.697. The third-order valence-corrected chi connectivity index (χ3v) is 4.97. The van der Waals surface area contributed by atoms with Crippen LogP contribution in [-0.4, -0.2) is 6.54 Å². The summed E-state index contributed by atoms with van der Waals surface area (Å²) in [5, 5.41) is 3.85. The van der Waals surface area contributed by atoms with E-state index >= 15 is 0 Å². The van der Waals surface area contributed by atoms with Crippen molar-refractivity contribution in [3.63, 3.8) is 0 Å². The zero-order chi connectivity index (χ0) is 15.3. The molecular formula is C20H33N. The summed E-state index contributed by atoms with van der Waals surface area (Å²) in [6, 6.07) is 9.85. The number of benzene rings is 1. The third kappa shape index (κ3) is 4.32. The van der Waals surface area contributed by atoms with Crippen LogP contribution in [0.1, 0.15) is 77.0 Å². The maximum Gasteiger partial charge on any atom is 0.0374 e. The lowest BCUT2D eigenvalue weighted by Crippen LogP contribution is -2.35. The van der Waals surface area contributed by atoms with Crippen molar-refractivity contribution in [1.29, 1.82) is 0 Å². The molecule has 1 aromatic rings. The summed E-state index contributed by atoms with van der Waals surface area (Å²) in [5.74, 6) is 0.726. The molecule has 0 aliphatic heterocycles. The molecule has 1 fully saturated rings. The number of rotatable bonds is 7. The SMILES string of the molecule is CCCNC(c1cccc(CC(C)C)c1)C1(C)CCCC1. The number of hydrogen-bond donors (Lipinski definition) is 1. The Kier molecular flexibility index (Phi) is 5.87. The van der Waals surface area contributed by atoms with E-state index in [-0.39, 0.29) is 0 Å². The van der Waals surface area contributed by atoms with E-state index in [0.717, 1.165) is 12.5 Å². The first-order chi connectivity index (χ1) is 10.0. The zero-order valence-electron chi connectivity index (χ0n) is 14.4. The van der Waals surface area contributed by atoms with Crippen LogP contribution in [0.4, 0.5) is 0 Å². The van der Waals surface area contributed by atoms with Gasteiger partial charge in [0.05, 0.1) is 0 Å². The average Bonchev–Trinajstić information content (AvgIpc) is 2.86. The van der Waals surface area contributed by atoms with E-state index in [9.17, 15) is 0 Å². The molecule has 0 amide bonds. The van der Waals surface area contributed by atoms with Crippen molar-refractivity contribution in [3.8, 4) is 0 Å². The Hall–Kier alpha value is -0.820. The first-order valence-corrected chi connectivity index (χ1v) is 8.87. The van der Waals surface area contributed by atoms with Crippen LogP contribution in [-0.2, 0) is 6.42 Å². The van der Waals surface area contributed by atoms with Crippen molar-refractivity contribution in [1.82, 2.24) is 5.32 Å². The number of hydrogen-bond acceptors (Lipinski definition) is 1. The lowest BCUT2D eigenvalue weighted by Gasteiger charge is -2.35. The van der Waals surface area contributed by atoms with Crippen LogP contribution in [0.3, 0.4) is 0 Å². The Morgan fingerprint density at radius 1 is 1.19 bits per heavy atom.